The third-order valence-electron chi connectivity index (χ3n) is 23.0. The molecule has 120 heavy (non-hydrogen) atoms. The van der Waals surface area contributed by atoms with Gasteiger partial charge in [-0.15, -0.1) is 5.10 Å². The Morgan fingerprint density at radius 3 is 2.23 bits per heavy atom. The van der Waals surface area contributed by atoms with E-state index in [1.807, 2.05) is 62.6 Å². The second-order valence-corrected chi connectivity index (χ2v) is 32.3. The highest BCUT2D eigenvalue weighted by molar-refractivity contribution is 6.39. The Kier molecular flexibility index (Phi) is 38.3. The molecule has 4 aromatic heterocycles. The van der Waals surface area contributed by atoms with Crippen molar-refractivity contribution in [2.45, 2.75) is 244 Å². The van der Waals surface area contributed by atoms with E-state index in [0.29, 0.717) is 203 Å². The fourth-order valence-corrected chi connectivity index (χ4v) is 15.9. The summed E-state index contributed by atoms with van der Waals surface area (Å²) in [7, 11) is 3.20. The number of anilines is 2. The predicted molar refractivity (Wildman–Crippen MR) is 445 cm³/mol. The zero-order valence-corrected chi connectivity index (χ0v) is 71.0. The molecule has 7 heterocycles. The van der Waals surface area contributed by atoms with Gasteiger partial charge in [0.2, 0.25) is 17.6 Å². The van der Waals surface area contributed by atoms with Crippen molar-refractivity contribution in [3.05, 3.63) is 84.0 Å². The van der Waals surface area contributed by atoms with Crippen LogP contribution in [0.2, 0.25) is 0 Å². The summed E-state index contributed by atoms with van der Waals surface area (Å²) in [4.78, 5) is 110. The number of hydrogen-bond donors (Lipinski definition) is 8. The van der Waals surface area contributed by atoms with Crippen molar-refractivity contribution in [3.8, 4) is 11.3 Å². The van der Waals surface area contributed by atoms with Gasteiger partial charge in [0.1, 0.15) is 53.5 Å². The zero-order chi connectivity index (χ0) is 86.3. The predicted octanol–water partition coefficient (Wildman–Crippen LogP) is 6.92. The summed E-state index contributed by atoms with van der Waals surface area (Å²) < 4.78 is 62.4. The number of methoxy groups -OCH3 is 2. The lowest BCUT2D eigenvalue weighted by molar-refractivity contribution is -0.265. The number of nitrogens with zero attached hydrogens (tertiary/aromatic N) is 9. The Labute approximate surface area is 702 Å². The Morgan fingerprint density at radius 1 is 0.750 bits per heavy atom. The highest BCUT2D eigenvalue weighted by atomic mass is 16.6. The number of Topliss-reactive ketones (excluding diaryl/α,β-unsaturated/α-hetero) is 3. The maximum atomic E-state index is 14.7. The number of esters is 1. The van der Waals surface area contributed by atoms with E-state index in [9.17, 15) is 48.9 Å². The third kappa shape index (κ3) is 28.2. The van der Waals surface area contributed by atoms with Gasteiger partial charge < -0.3 is 95.1 Å². The molecule has 2 bridgehead atoms. The number of aliphatic hydroxyl groups is 3. The van der Waals surface area contributed by atoms with Crippen molar-refractivity contribution in [2.24, 2.45) is 35.3 Å². The van der Waals surface area contributed by atoms with E-state index in [1.54, 1.807) is 50.4 Å². The number of nitrogen functional groups attached to an aromatic ring is 2. The van der Waals surface area contributed by atoms with E-state index in [2.05, 4.69) is 35.9 Å². The first-order chi connectivity index (χ1) is 57.7. The number of hydrogen-bond acceptors (Lipinski definition) is 29. The topological polar surface area (TPSA) is 469 Å². The Balaban J connectivity index is 0.624. The van der Waals surface area contributed by atoms with Crippen molar-refractivity contribution in [3.63, 3.8) is 0 Å². The van der Waals surface area contributed by atoms with Crippen LogP contribution in [0.25, 0.3) is 33.4 Å². The molecule has 3 fully saturated rings. The molecule has 34 nitrogen and oxygen atoms in total. The first kappa shape index (κ1) is 95.2. The number of carbonyl (C=O) groups is 7. The fraction of sp³-hybridized carbons (Fsp3) is 0.663. The molecule has 2 saturated heterocycles. The molecule has 9 rings (SSSR count). The lowest BCUT2D eigenvalue weighted by Crippen LogP contribution is -2.61. The van der Waals surface area contributed by atoms with Gasteiger partial charge in [0.25, 0.3) is 17.7 Å². The first-order valence-electron chi connectivity index (χ1n) is 42.6. The number of nitrogens with two attached hydrogens (primary N) is 3. The molecule has 1 aromatic carbocycles. The van der Waals surface area contributed by atoms with Crippen molar-refractivity contribution in [2.75, 3.05) is 105 Å². The van der Waals surface area contributed by atoms with E-state index >= 15 is 0 Å². The van der Waals surface area contributed by atoms with E-state index < -0.39 is 95.4 Å². The SMILES string of the molecule is CO[C@H]1C[C@@H]2CC[C@@H](C)[C@@](O)(O2)C(=O)C(=O)N2CCCC[C@H]2C(=O)O[C@H]([C@H](N)C[C@@H]2CC[C@@H](OCCCCc3cn(CCOCCOCCOCCOCCNC(=O)CCCC(=O)NCCCCn4nc(-c5ccc6oc(N)nc6c5)c5c(N)ncnc54)nn3)[C@H](OC)C2)CC(=O)[C@H](C)/C=C(\C)[C@@H](O)[C@@H](O)C(=O)[C@H](C)C[C@H](C)/C=C/C=CC=C1C. The monoisotopic (exact) mass is 1680 g/mol. The molecule has 0 unspecified atom stereocenters. The first-order valence-corrected chi connectivity index (χ1v) is 42.6. The summed E-state index contributed by atoms with van der Waals surface area (Å²) in [6.45, 7) is 15.8. The number of aryl methyl sites for hydroxylation is 2. The van der Waals surface area contributed by atoms with Crippen LogP contribution in [0.1, 0.15) is 169 Å². The average Bonchev–Trinajstić information content (AvgIpc) is 1.50. The minimum Gasteiger partial charge on any atom is -0.459 e. The van der Waals surface area contributed by atoms with Crippen molar-refractivity contribution in [1.29, 1.82) is 0 Å². The fourth-order valence-electron chi connectivity index (χ4n) is 15.9. The number of nitrogens with one attached hydrogen (secondary N) is 2. The van der Waals surface area contributed by atoms with Crippen LogP contribution in [-0.4, -0.2) is 255 Å². The van der Waals surface area contributed by atoms with Gasteiger partial charge in [0.15, 0.2) is 17.0 Å². The van der Waals surface area contributed by atoms with Crippen LogP contribution in [0.15, 0.2) is 82.7 Å². The molecular weight excluding hydrogens is 1550 g/mol. The molecule has 0 spiro atoms. The summed E-state index contributed by atoms with van der Waals surface area (Å²) in [5.41, 5.74) is 24.1. The summed E-state index contributed by atoms with van der Waals surface area (Å²) in [6, 6.07) is 3.40. The molecule has 15 atom stereocenters. The van der Waals surface area contributed by atoms with Gasteiger partial charge in [-0.2, -0.15) is 10.1 Å². The highest BCUT2D eigenvalue weighted by Crippen LogP contribution is 2.39. The third-order valence-corrected chi connectivity index (χ3v) is 23.0. The molecule has 3 amide bonds. The van der Waals surface area contributed by atoms with Crippen LogP contribution < -0.4 is 27.8 Å². The van der Waals surface area contributed by atoms with Crippen LogP contribution in [0.4, 0.5) is 11.8 Å². The van der Waals surface area contributed by atoms with Crippen LogP contribution in [0.3, 0.4) is 0 Å². The Bertz CT molecular complexity index is 4260. The van der Waals surface area contributed by atoms with Gasteiger partial charge in [0, 0.05) is 108 Å². The number of piperidine rings is 1. The number of rotatable bonds is 36. The summed E-state index contributed by atoms with van der Waals surface area (Å²) in [5, 5.41) is 54.4. The number of amides is 3. The molecular formula is C86H128N14O20. The lowest BCUT2D eigenvalue weighted by Gasteiger charge is -2.42. The average molecular weight is 1680 g/mol. The number of ether oxygens (including phenoxy) is 9. The van der Waals surface area contributed by atoms with Gasteiger partial charge in [-0.3, -0.25) is 28.8 Å². The highest BCUT2D eigenvalue weighted by Gasteiger charge is 2.53. The number of oxazole rings is 1. The van der Waals surface area contributed by atoms with Crippen LogP contribution >= 0.6 is 0 Å². The smallest absolute Gasteiger partial charge is 0.329 e. The van der Waals surface area contributed by atoms with Crippen molar-refractivity contribution >= 4 is 75.0 Å². The number of benzene rings is 1. The van der Waals surface area contributed by atoms with Gasteiger partial charge in [0.05, 0.1) is 94.9 Å². The van der Waals surface area contributed by atoms with E-state index in [4.69, 9.17) is 69.3 Å². The molecule has 5 aromatic rings. The number of aromatic nitrogens is 8. The van der Waals surface area contributed by atoms with E-state index in [1.165, 1.54) is 19.3 Å². The molecule has 34 heteroatoms. The van der Waals surface area contributed by atoms with Gasteiger partial charge in [-0.25, -0.2) is 24.1 Å². The summed E-state index contributed by atoms with van der Waals surface area (Å²) >= 11 is 0. The van der Waals surface area contributed by atoms with Gasteiger partial charge >= 0.3 is 5.97 Å². The number of allylic oxidation sites excluding steroid dienone is 6. The minimum atomic E-state index is -2.49. The van der Waals surface area contributed by atoms with Crippen LogP contribution in [-0.2, 0) is 95.7 Å². The Hall–Kier alpha value is -8.65. The quantitative estimate of drug-likeness (QED) is 0.00872. The molecule has 1 aliphatic carbocycles. The number of unbranched alkanes of at least 4 members (excludes halogenated alkanes) is 2. The second kappa shape index (κ2) is 48.3. The standard InChI is InChI=1S/C86H128N14O20/c1-54-19-10-9-11-20-55(2)70(111-7)50-63-28-25-59(6)86(110,120-63)80(107)83(108)99-33-15-12-22-66(99)84(109)118-71(51-67(101)56(3)46-58(5)78(105)79(106)77(104)57(4)45-54)64(87)47-60-26-29-69(72(48-60)112-8)117-36-17-13-21-62-52-98(97-95-62)35-38-114-40-42-116-44-43-115-41-39-113-37-32-91-74(103)24-18-23-73(102)90-31-14-16-34-100-82-75(81(88)92-53-93-82)76(96-100)61-27-30-68-65(49-61)94-85(89)119-68/h9-11,19-20,27,30,46,49,52-54,56-57,59-60,63-64,66,69-72,78-79,105-106,110H,12-18,21-26,28-29,31-45,47-48,50-51,87H2,1-8H3,(H2,89,94)(H,90,102)(H,91,103)(H2,88,92,93)/b11-9?,19-10+,55-20?,58-46+/t54-,56-,57-,59-,60+,63+,64-,66+,69-,70+,71+,72-,78-,79+,86-/m1/s1. The zero-order valence-electron chi connectivity index (χ0n) is 71.0. The molecule has 1 saturated carbocycles. The second-order valence-electron chi connectivity index (χ2n) is 32.3. The number of ketones is 3. The lowest BCUT2D eigenvalue weighted by atomic mass is 9.80. The Morgan fingerprint density at radius 2 is 1.48 bits per heavy atom. The van der Waals surface area contributed by atoms with Crippen LogP contribution in [0.5, 0.6) is 0 Å². The van der Waals surface area contributed by atoms with Crippen molar-refractivity contribution in [1.82, 2.24) is 55.3 Å². The number of cyclic esters (lactones) is 1. The number of carbonyl (C=O) groups excluding carboxylic acids is 7. The minimum absolute atomic E-state index is 0.0233. The van der Waals surface area contributed by atoms with Crippen molar-refractivity contribution < 1.29 is 95.9 Å². The summed E-state index contributed by atoms with van der Waals surface area (Å²) in [6.07, 6.45) is 17.1. The van der Waals surface area contributed by atoms with E-state index in [0.717, 1.165) is 34.6 Å². The molecule has 11 N–H and O–H groups in total. The maximum absolute atomic E-state index is 14.7. The maximum Gasteiger partial charge on any atom is 0.329 e. The number of aliphatic hydroxyl groups excluding tert-OH is 2. The largest absolute Gasteiger partial charge is 0.459 e. The molecule has 4 aliphatic rings. The van der Waals surface area contributed by atoms with Gasteiger partial charge in [-0.05, 0) is 158 Å². The van der Waals surface area contributed by atoms with E-state index in [-0.39, 0.29) is 86.1 Å². The summed E-state index contributed by atoms with van der Waals surface area (Å²) in [5.74, 6) is -8.89. The molecule has 3 aliphatic heterocycles. The van der Waals surface area contributed by atoms with Crippen LogP contribution in [0, 0.1) is 29.6 Å². The normalized spacial score (nSPS) is 26.6. The molecule has 0 radical (unpaired) electrons. The number of fused-ring (bicyclic) bond motifs is 5. The van der Waals surface area contributed by atoms with Gasteiger partial charge in [-0.1, -0.05) is 69.4 Å². The molecule has 662 valence electrons.